The van der Waals surface area contributed by atoms with E-state index in [1.54, 1.807) is 0 Å². The number of rotatable bonds is 5. The molecule has 1 unspecified atom stereocenters. The highest BCUT2D eigenvalue weighted by atomic mass is 19.4. The molecule has 0 heterocycles. The first-order valence-corrected chi connectivity index (χ1v) is 5.59. The fourth-order valence-corrected chi connectivity index (χ4v) is 1.63. The minimum absolute atomic E-state index is 0.323. The van der Waals surface area contributed by atoms with Crippen LogP contribution in [0.3, 0.4) is 0 Å². The number of aliphatic hydroxyl groups is 1. The fourth-order valence-electron chi connectivity index (χ4n) is 1.63. The lowest BCUT2D eigenvalue weighted by atomic mass is 9.80. The highest BCUT2D eigenvalue weighted by Gasteiger charge is 2.42. The lowest BCUT2D eigenvalue weighted by Crippen LogP contribution is -2.49. The molecule has 0 fully saturated rings. The van der Waals surface area contributed by atoms with Gasteiger partial charge in [-0.2, -0.15) is 13.2 Å². The smallest absolute Gasteiger partial charge is 0.406 e. The number of halogens is 3. The summed E-state index contributed by atoms with van der Waals surface area (Å²) in [5.74, 6) is -4.23. The van der Waals surface area contributed by atoms with E-state index in [9.17, 15) is 22.8 Å². The molecule has 5 nitrogen and oxygen atoms in total. The highest BCUT2D eigenvalue weighted by molar-refractivity contribution is 5.97. The largest absolute Gasteiger partial charge is 0.481 e. The number of carboxylic acid groups (broad SMARTS) is 1. The Kier molecular flexibility index (Phi) is 5.80. The van der Waals surface area contributed by atoms with Gasteiger partial charge >= 0.3 is 12.1 Å². The summed E-state index contributed by atoms with van der Waals surface area (Å²) in [6.45, 7) is 1.56. The van der Waals surface area contributed by atoms with Crippen LogP contribution in [0.15, 0.2) is 0 Å². The lowest BCUT2D eigenvalue weighted by molar-refractivity contribution is -0.172. The van der Waals surface area contributed by atoms with Crippen LogP contribution >= 0.6 is 0 Å². The number of carbonyl (C=O) groups excluding carboxylic acids is 1. The quantitative estimate of drug-likeness (QED) is 0.742. The van der Waals surface area contributed by atoms with E-state index in [0.29, 0.717) is 4.90 Å². The van der Waals surface area contributed by atoms with Crippen molar-refractivity contribution in [3.05, 3.63) is 0 Å². The molecule has 2 N–H and O–H groups in total. The van der Waals surface area contributed by atoms with Crippen LogP contribution in [-0.2, 0) is 9.59 Å². The molecule has 0 bridgehead atoms. The standard InChI is InChI=1S/C11H18F3NO4/c1-10(2,3)7(9(18)19)8(17)15(4-5-16)6-11(12,13)14/h7,16H,4-6H2,1-3H3,(H,18,19). The number of nitrogens with zero attached hydrogens (tertiary/aromatic N) is 1. The third-order valence-corrected chi connectivity index (χ3v) is 2.41. The van der Waals surface area contributed by atoms with Gasteiger partial charge in [0.2, 0.25) is 5.91 Å². The number of aliphatic carboxylic acids is 1. The molecule has 0 aromatic rings. The normalized spacial score (nSPS) is 14.1. The van der Waals surface area contributed by atoms with Crippen molar-refractivity contribution in [2.75, 3.05) is 19.7 Å². The molecule has 0 saturated carbocycles. The lowest BCUT2D eigenvalue weighted by Gasteiger charge is -2.32. The van der Waals surface area contributed by atoms with E-state index < -0.39 is 49.1 Å². The Hall–Kier alpha value is -1.31. The average molecular weight is 285 g/mol. The number of carboxylic acids is 1. The molecule has 8 heteroatoms. The fraction of sp³-hybridized carbons (Fsp3) is 0.818. The molecule has 0 spiro atoms. The molecule has 112 valence electrons. The maximum atomic E-state index is 12.3. The van der Waals surface area contributed by atoms with Crippen molar-refractivity contribution in [3.63, 3.8) is 0 Å². The second kappa shape index (κ2) is 6.23. The van der Waals surface area contributed by atoms with Crippen molar-refractivity contribution in [3.8, 4) is 0 Å². The van der Waals surface area contributed by atoms with E-state index in [0.717, 1.165) is 0 Å². The molecule has 0 aromatic heterocycles. The third kappa shape index (κ3) is 5.91. The topological polar surface area (TPSA) is 77.8 Å². The molecule has 0 radical (unpaired) electrons. The first-order chi connectivity index (χ1) is 8.40. The molecule has 0 aromatic carbocycles. The van der Waals surface area contributed by atoms with Crippen LogP contribution in [0.4, 0.5) is 13.2 Å². The Labute approximate surface area is 109 Å². The van der Waals surface area contributed by atoms with Crippen LogP contribution in [-0.4, -0.2) is 52.9 Å². The van der Waals surface area contributed by atoms with Crippen molar-refractivity contribution < 1.29 is 33.0 Å². The molecule has 0 saturated heterocycles. The van der Waals surface area contributed by atoms with Gasteiger partial charge in [-0.25, -0.2) is 0 Å². The Balaban J connectivity index is 5.21. The van der Waals surface area contributed by atoms with Crippen molar-refractivity contribution in [2.45, 2.75) is 26.9 Å². The van der Waals surface area contributed by atoms with Gasteiger partial charge in [-0.05, 0) is 5.41 Å². The first kappa shape index (κ1) is 17.7. The van der Waals surface area contributed by atoms with Crippen LogP contribution in [0.5, 0.6) is 0 Å². The predicted molar refractivity (Wildman–Crippen MR) is 60.3 cm³/mol. The van der Waals surface area contributed by atoms with Gasteiger partial charge in [0.05, 0.1) is 6.61 Å². The van der Waals surface area contributed by atoms with Crippen LogP contribution in [0, 0.1) is 11.3 Å². The number of alkyl halides is 3. The van der Waals surface area contributed by atoms with Crippen molar-refractivity contribution in [2.24, 2.45) is 11.3 Å². The van der Waals surface area contributed by atoms with Gasteiger partial charge in [0.15, 0.2) is 0 Å². The molecule has 0 rings (SSSR count). The highest BCUT2D eigenvalue weighted by Crippen LogP contribution is 2.29. The van der Waals surface area contributed by atoms with E-state index in [2.05, 4.69) is 0 Å². The van der Waals surface area contributed by atoms with Crippen LogP contribution in [0.1, 0.15) is 20.8 Å². The van der Waals surface area contributed by atoms with E-state index in [1.165, 1.54) is 20.8 Å². The molecular formula is C11H18F3NO4. The summed E-state index contributed by atoms with van der Waals surface area (Å²) >= 11 is 0. The summed E-state index contributed by atoms with van der Waals surface area (Å²) in [6.07, 6.45) is -4.65. The predicted octanol–water partition coefficient (Wildman–Crippen LogP) is 1.12. The SMILES string of the molecule is CC(C)(C)C(C(=O)O)C(=O)N(CCO)CC(F)(F)F. The van der Waals surface area contributed by atoms with Crippen LogP contribution < -0.4 is 0 Å². The molecule has 1 atom stereocenters. The van der Waals surface area contributed by atoms with Crippen molar-refractivity contribution >= 4 is 11.9 Å². The number of hydrogen-bond donors (Lipinski definition) is 2. The monoisotopic (exact) mass is 285 g/mol. The van der Waals surface area contributed by atoms with Gasteiger partial charge in [0.25, 0.3) is 0 Å². The van der Waals surface area contributed by atoms with Gasteiger partial charge in [-0.15, -0.1) is 0 Å². The zero-order chi connectivity index (χ0) is 15.4. The maximum Gasteiger partial charge on any atom is 0.406 e. The van der Waals surface area contributed by atoms with Gasteiger partial charge in [-0.1, -0.05) is 20.8 Å². The zero-order valence-corrected chi connectivity index (χ0v) is 11.0. The summed E-state index contributed by atoms with van der Waals surface area (Å²) in [5, 5.41) is 17.7. The van der Waals surface area contributed by atoms with Crippen LogP contribution in [0.25, 0.3) is 0 Å². The molecule has 0 aliphatic rings. The van der Waals surface area contributed by atoms with E-state index in [1.807, 2.05) is 0 Å². The Morgan fingerprint density at radius 1 is 1.21 bits per heavy atom. The van der Waals surface area contributed by atoms with Gasteiger partial charge in [0.1, 0.15) is 12.5 Å². The summed E-state index contributed by atoms with van der Waals surface area (Å²) < 4.78 is 37.0. The zero-order valence-electron chi connectivity index (χ0n) is 11.0. The van der Waals surface area contributed by atoms with E-state index in [4.69, 9.17) is 10.2 Å². The van der Waals surface area contributed by atoms with Gasteiger partial charge in [0, 0.05) is 6.54 Å². The number of hydrogen-bond acceptors (Lipinski definition) is 3. The van der Waals surface area contributed by atoms with Gasteiger partial charge < -0.3 is 15.1 Å². The third-order valence-electron chi connectivity index (χ3n) is 2.41. The minimum atomic E-state index is -4.65. The molecule has 1 amide bonds. The number of amides is 1. The summed E-state index contributed by atoms with van der Waals surface area (Å²) in [5.41, 5.74) is -1.03. The summed E-state index contributed by atoms with van der Waals surface area (Å²) in [4.78, 5) is 23.3. The maximum absolute atomic E-state index is 12.3. The Bertz CT molecular complexity index is 336. The second-order valence-corrected chi connectivity index (χ2v) is 5.24. The molecular weight excluding hydrogens is 267 g/mol. The summed E-state index contributed by atoms with van der Waals surface area (Å²) in [7, 11) is 0. The van der Waals surface area contributed by atoms with Crippen LogP contribution in [0.2, 0.25) is 0 Å². The first-order valence-electron chi connectivity index (χ1n) is 5.59. The van der Waals surface area contributed by atoms with E-state index in [-0.39, 0.29) is 0 Å². The minimum Gasteiger partial charge on any atom is -0.481 e. The second-order valence-electron chi connectivity index (χ2n) is 5.24. The van der Waals surface area contributed by atoms with Crippen molar-refractivity contribution in [1.29, 1.82) is 0 Å². The molecule has 0 aliphatic heterocycles. The summed E-state index contributed by atoms with van der Waals surface area (Å²) in [6, 6.07) is 0. The average Bonchev–Trinajstić information content (AvgIpc) is 2.11. The Morgan fingerprint density at radius 3 is 1.95 bits per heavy atom. The number of aliphatic hydroxyl groups excluding tert-OH is 1. The molecule has 19 heavy (non-hydrogen) atoms. The number of carbonyl (C=O) groups is 2. The van der Waals surface area contributed by atoms with Crippen molar-refractivity contribution in [1.82, 2.24) is 4.90 Å². The molecule has 0 aliphatic carbocycles. The van der Waals surface area contributed by atoms with Gasteiger partial charge in [-0.3, -0.25) is 9.59 Å². The Morgan fingerprint density at radius 2 is 1.68 bits per heavy atom. The van der Waals surface area contributed by atoms with E-state index >= 15 is 0 Å².